The van der Waals surface area contributed by atoms with Crippen LogP contribution in [-0.4, -0.2) is 17.3 Å². The minimum absolute atomic E-state index is 0.456. The molecule has 0 saturated heterocycles. The second-order valence-corrected chi connectivity index (χ2v) is 3.01. The van der Waals surface area contributed by atoms with Crippen molar-refractivity contribution >= 4 is 12.6 Å². The van der Waals surface area contributed by atoms with E-state index >= 15 is 0 Å². The fraction of sp³-hybridized carbons (Fsp3) is 0.333. The van der Waals surface area contributed by atoms with Crippen LogP contribution in [0.5, 0.6) is 0 Å². The average molecular weight is 193 g/mol. The van der Waals surface area contributed by atoms with E-state index in [1.807, 2.05) is 12.1 Å². The fourth-order valence-corrected chi connectivity index (χ4v) is 1.07. The maximum absolute atomic E-state index is 8.50. The van der Waals surface area contributed by atoms with Gasteiger partial charge in [-0.2, -0.15) is 17.9 Å². The predicted molar refractivity (Wildman–Crippen MR) is 54.5 cm³/mol. The van der Waals surface area contributed by atoms with E-state index < -0.39 is 0 Å². The molecule has 0 fully saturated rings. The van der Waals surface area contributed by atoms with Gasteiger partial charge < -0.3 is 5.32 Å². The Balaban J connectivity index is 2.46. The smallest absolute Gasteiger partial charge is 0.140 e. The maximum Gasteiger partial charge on any atom is 0.140 e. The van der Waals surface area contributed by atoms with Gasteiger partial charge in [-0.3, -0.25) is 0 Å². The summed E-state index contributed by atoms with van der Waals surface area (Å²) in [7, 11) is 0. The van der Waals surface area contributed by atoms with Crippen LogP contribution in [0.15, 0.2) is 18.3 Å². The van der Waals surface area contributed by atoms with Crippen LogP contribution < -0.4 is 5.32 Å². The lowest BCUT2D eigenvalue weighted by Gasteiger charge is -2.01. The second kappa shape index (κ2) is 5.57. The minimum Gasteiger partial charge on any atom is -0.312 e. The van der Waals surface area contributed by atoms with Crippen LogP contribution in [0.25, 0.3) is 0 Å². The molecule has 0 bridgehead atoms. The van der Waals surface area contributed by atoms with Gasteiger partial charge in [0.25, 0.3) is 0 Å². The van der Waals surface area contributed by atoms with Crippen molar-refractivity contribution in [3.8, 4) is 6.07 Å². The van der Waals surface area contributed by atoms with Gasteiger partial charge in [-0.25, -0.2) is 4.98 Å². The number of rotatable bonds is 4. The monoisotopic (exact) mass is 193 g/mol. The molecule has 0 aliphatic carbocycles. The van der Waals surface area contributed by atoms with Gasteiger partial charge in [0, 0.05) is 25.0 Å². The molecule has 0 atom stereocenters. The van der Waals surface area contributed by atoms with Gasteiger partial charge >= 0.3 is 0 Å². The van der Waals surface area contributed by atoms with Crippen molar-refractivity contribution < 1.29 is 0 Å². The Morgan fingerprint density at radius 2 is 2.38 bits per heavy atom. The Labute approximate surface area is 83.2 Å². The molecule has 0 aliphatic heterocycles. The van der Waals surface area contributed by atoms with Gasteiger partial charge in [0.2, 0.25) is 0 Å². The molecule has 1 rings (SSSR count). The summed E-state index contributed by atoms with van der Waals surface area (Å²) in [5, 5.41) is 11.7. The van der Waals surface area contributed by atoms with Gasteiger partial charge in [-0.05, 0) is 11.6 Å². The molecule has 1 aromatic rings. The van der Waals surface area contributed by atoms with Crippen molar-refractivity contribution in [3.63, 3.8) is 0 Å². The molecule has 0 amide bonds. The molecule has 1 aromatic heterocycles. The molecule has 1 heterocycles. The van der Waals surface area contributed by atoms with Crippen LogP contribution in [0.3, 0.4) is 0 Å². The van der Waals surface area contributed by atoms with E-state index in [4.69, 9.17) is 5.26 Å². The first-order valence-electron chi connectivity index (χ1n) is 4.03. The van der Waals surface area contributed by atoms with Crippen molar-refractivity contribution in [1.82, 2.24) is 10.3 Å². The lowest BCUT2D eigenvalue weighted by Crippen LogP contribution is -2.15. The standard InChI is InChI=1S/C9H11N3S/c10-5-9-2-1-8(7-12-9)6-11-3-4-13/h1-2,7,11,13H,3-4,6H2. The Morgan fingerprint density at radius 3 is 2.92 bits per heavy atom. The summed E-state index contributed by atoms with van der Waals surface area (Å²) in [6.07, 6.45) is 1.71. The van der Waals surface area contributed by atoms with Crippen LogP contribution >= 0.6 is 12.6 Å². The number of nitriles is 1. The summed E-state index contributed by atoms with van der Waals surface area (Å²) in [5.41, 5.74) is 1.54. The normalized spacial score (nSPS) is 9.54. The van der Waals surface area contributed by atoms with Crippen LogP contribution in [0.1, 0.15) is 11.3 Å². The van der Waals surface area contributed by atoms with Crippen molar-refractivity contribution in [3.05, 3.63) is 29.6 Å². The molecule has 0 radical (unpaired) electrons. The van der Waals surface area contributed by atoms with Gasteiger partial charge in [0.15, 0.2) is 0 Å². The zero-order chi connectivity index (χ0) is 9.52. The number of pyridine rings is 1. The molecule has 0 spiro atoms. The van der Waals surface area contributed by atoms with E-state index in [9.17, 15) is 0 Å². The third kappa shape index (κ3) is 3.45. The van der Waals surface area contributed by atoms with Gasteiger partial charge in [-0.1, -0.05) is 6.07 Å². The van der Waals surface area contributed by atoms with Crippen LogP contribution in [-0.2, 0) is 6.54 Å². The predicted octanol–water partition coefficient (Wildman–Crippen LogP) is 0.973. The summed E-state index contributed by atoms with van der Waals surface area (Å²) in [4.78, 5) is 3.96. The van der Waals surface area contributed by atoms with Crippen molar-refractivity contribution in [1.29, 1.82) is 5.26 Å². The van der Waals surface area contributed by atoms with Crippen LogP contribution in [0.2, 0.25) is 0 Å². The second-order valence-electron chi connectivity index (χ2n) is 2.56. The minimum atomic E-state index is 0.456. The molecule has 0 aromatic carbocycles. The highest BCUT2D eigenvalue weighted by Gasteiger charge is 1.93. The van der Waals surface area contributed by atoms with E-state index in [1.165, 1.54) is 0 Å². The molecule has 13 heavy (non-hydrogen) atoms. The molecule has 4 heteroatoms. The van der Waals surface area contributed by atoms with Gasteiger partial charge in [-0.15, -0.1) is 0 Å². The largest absolute Gasteiger partial charge is 0.312 e. The lowest BCUT2D eigenvalue weighted by atomic mass is 10.2. The first-order chi connectivity index (χ1) is 6.36. The number of nitrogens with one attached hydrogen (secondary N) is 1. The first kappa shape index (κ1) is 10.0. The number of thiol groups is 1. The highest BCUT2D eigenvalue weighted by molar-refractivity contribution is 7.80. The SMILES string of the molecule is N#Cc1ccc(CNCCS)cn1. The summed E-state index contributed by atoms with van der Waals surface area (Å²) >= 11 is 4.08. The van der Waals surface area contributed by atoms with Crippen molar-refractivity contribution in [2.45, 2.75) is 6.54 Å². The number of hydrogen-bond acceptors (Lipinski definition) is 4. The number of hydrogen-bond donors (Lipinski definition) is 2. The summed E-state index contributed by atoms with van der Waals surface area (Å²) < 4.78 is 0. The molecule has 0 unspecified atom stereocenters. The Morgan fingerprint density at radius 1 is 1.54 bits per heavy atom. The summed E-state index contributed by atoms with van der Waals surface area (Å²) in [6, 6.07) is 5.60. The average Bonchev–Trinajstić information content (AvgIpc) is 2.19. The molecule has 3 nitrogen and oxygen atoms in total. The third-order valence-corrected chi connectivity index (χ3v) is 1.78. The molecule has 68 valence electrons. The molecule has 0 aliphatic rings. The van der Waals surface area contributed by atoms with E-state index in [0.29, 0.717) is 5.69 Å². The Hall–Kier alpha value is -1.05. The molecule has 1 N–H and O–H groups in total. The Kier molecular flexibility index (Phi) is 4.30. The van der Waals surface area contributed by atoms with Crippen molar-refractivity contribution in [2.24, 2.45) is 0 Å². The zero-order valence-electron chi connectivity index (χ0n) is 7.20. The highest BCUT2D eigenvalue weighted by atomic mass is 32.1. The van der Waals surface area contributed by atoms with Crippen molar-refractivity contribution in [2.75, 3.05) is 12.3 Å². The summed E-state index contributed by atoms with van der Waals surface area (Å²) in [5.74, 6) is 0.823. The summed E-state index contributed by atoms with van der Waals surface area (Å²) in [6.45, 7) is 1.66. The topological polar surface area (TPSA) is 48.7 Å². The molecular weight excluding hydrogens is 182 g/mol. The molecular formula is C9H11N3S. The van der Waals surface area contributed by atoms with Gasteiger partial charge in [0.05, 0.1) is 0 Å². The maximum atomic E-state index is 8.50. The van der Waals surface area contributed by atoms with E-state index in [2.05, 4.69) is 22.9 Å². The van der Waals surface area contributed by atoms with E-state index in [1.54, 1.807) is 12.3 Å². The zero-order valence-corrected chi connectivity index (χ0v) is 8.09. The van der Waals surface area contributed by atoms with Crippen LogP contribution in [0, 0.1) is 11.3 Å². The number of aromatic nitrogens is 1. The van der Waals surface area contributed by atoms with Gasteiger partial charge in [0.1, 0.15) is 11.8 Å². The Bertz CT molecular complexity index is 289. The quantitative estimate of drug-likeness (QED) is 0.553. The third-order valence-electron chi connectivity index (χ3n) is 1.56. The number of nitrogens with zero attached hydrogens (tertiary/aromatic N) is 2. The van der Waals surface area contributed by atoms with Crippen LogP contribution in [0.4, 0.5) is 0 Å². The first-order valence-corrected chi connectivity index (χ1v) is 4.66. The fourth-order valence-electron chi connectivity index (χ4n) is 0.907. The highest BCUT2D eigenvalue weighted by Crippen LogP contribution is 1.98. The van der Waals surface area contributed by atoms with E-state index in [0.717, 1.165) is 24.4 Å². The lowest BCUT2D eigenvalue weighted by molar-refractivity contribution is 0.730. The molecule has 0 saturated carbocycles. The van der Waals surface area contributed by atoms with E-state index in [-0.39, 0.29) is 0 Å².